The topological polar surface area (TPSA) is 34.2 Å². The molecule has 3 aromatic rings. The Morgan fingerprint density at radius 2 is 1.56 bits per heavy atom. The van der Waals surface area contributed by atoms with Gasteiger partial charge in [-0.05, 0) is 18.2 Å². The van der Waals surface area contributed by atoms with Gasteiger partial charge in [-0.3, -0.25) is 0 Å². The highest BCUT2D eigenvalue weighted by Crippen LogP contribution is 2.52. The van der Waals surface area contributed by atoms with Gasteiger partial charge in [0.15, 0.2) is 11.4 Å². The van der Waals surface area contributed by atoms with Crippen LogP contribution in [0, 0.1) is 0 Å². The van der Waals surface area contributed by atoms with Crippen LogP contribution in [0.2, 0.25) is 0 Å². The van der Waals surface area contributed by atoms with E-state index in [0.29, 0.717) is 0 Å². The molecule has 0 spiro atoms. The second kappa shape index (κ2) is 8.40. The van der Waals surface area contributed by atoms with Crippen LogP contribution in [0.3, 0.4) is 0 Å². The molecule has 5 nitrogen and oxygen atoms in total. The number of morpholine rings is 1. The molecule has 1 saturated heterocycles. The van der Waals surface area contributed by atoms with Gasteiger partial charge in [-0.1, -0.05) is 48.5 Å². The minimum atomic E-state index is -0.579. The van der Waals surface area contributed by atoms with Crippen molar-refractivity contribution in [3.05, 3.63) is 83.4 Å². The summed E-state index contributed by atoms with van der Waals surface area (Å²) in [6.45, 7) is 3.42. The lowest BCUT2D eigenvalue weighted by atomic mass is 9.82. The van der Waals surface area contributed by atoms with Gasteiger partial charge in [-0.15, -0.1) is 0 Å². The quantitative estimate of drug-likeness (QED) is 0.596. The average molecular weight is 431 g/mol. The molecule has 1 unspecified atom stereocenters. The highest BCUT2D eigenvalue weighted by molar-refractivity contribution is 5.72. The van der Waals surface area contributed by atoms with E-state index in [-0.39, 0.29) is 0 Å². The van der Waals surface area contributed by atoms with Crippen molar-refractivity contribution >= 4 is 11.4 Å². The van der Waals surface area contributed by atoms with E-state index in [4.69, 9.17) is 14.2 Å². The molecule has 0 bridgehead atoms. The fraction of sp³-hybridized carbons (Fsp3) is 0.333. The number of hydrogen-bond acceptors (Lipinski definition) is 5. The van der Waals surface area contributed by atoms with E-state index >= 15 is 0 Å². The Labute approximate surface area is 190 Å². The molecule has 2 heterocycles. The molecule has 2 aliphatic rings. The molecule has 0 radical (unpaired) electrons. The first-order valence-corrected chi connectivity index (χ1v) is 11.2. The van der Waals surface area contributed by atoms with Gasteiger partial charge in [0.25, 0.3) is 0 Å². The number of ether oxygens (including phenoxy) is 3. The van der Waals surface area contributed by atoms with Crippen LogP contribution in [0.15, 0.2) is 66.7 Å². The molecule has 166 valence electrons. The lowest BCUT2D eigenvalue weighted by Gasteiger charge is -2.32. The predicted octanol–water partition coefficient (Wildman–Crippen LogP) is 4.48. The Kier molecular flexibility index (Phi) is 5.43. The van der Waals surface area contributed by atoms with E-state index in [1.54, 1.807) is 7.11 Å². The van der Waals surface area contributed by atoms with Crippen molar-refractivity contribution in [2.45, 2.75) is 12.0 Å². The maximum absolute atomic E-state index is 6.93. The third-order valence-corrected chi connectivity index (χ3v) is 6.51. The molecule has 0 amide bonds. The highest BCUT2D eigenvalue weighted by atomic mass is 16.5. The fourth-order valence-electron chi connectivity index (χ4n) is 4.87. The van der Waals surface area contributed by atoms with Crippen LogP contribution in [0.4, 0.5) is 11.4 Å². The Morgan fingerprint density at radius 1 is 0.875 bits per heavy atom. The van der Waals surface area contributed by atoms with Gasteiger partial charge in [-0.25, -0.2) is 0 Å². The molecule has 0 aromatic heterocycles. The molecule has 0 saturated carbocycles. The monoisotopic (exact) mass is 430 g/mol. The SMILES string of the molecule is COc1ccc2c(c1N(C)C)OC(c1ccccc1)(c1ccc(N3CCOCC3)cc1)C2. The summed E-state index contributed by atoms with van der Waals surface area (Å²) < 4.78 is 18.1. The number of fused-ring (bicyclic) bond motifs is 1. The average Bonchev–Trinajstić information content (AvgIpc) is 3.25. The summed E-state index contributed by atoms with van der Waals surface area (Å²) in [6.07, 6.45) is 0.772. The number of methoxy groups -OCH3 is 1. The zero-order valence-electron chi connectivity index (χ0n) is 19.0. The van der Waals surface area contributed by atoms with Crippen LogP contribution in [0.25, 0.3) is 0 Å². The fourth-order valence-corrected chi connectivity index (χ4v) is 4.87. The van der Waals surface area contributed by atoms with Crippen molar-refractivity contribution in [2.24, 2.45) is 0 Å². The van der Waals surface area contributed by atoms with E-state index in [9.17, 15) is 0 Å². The van der Waals surface area contributed by atoms with Gasteiger partial charge in [-0.2, -0.15) is 0 Å². The predicted molar refractivity (Wildman–Crippen MR) is 128 cm³/mol. The van der Waals surface area contributed by atoms with Crippen LogP contribution in [-0.4, -0.2) is 47.5 Å². The maximum Gasteiger partial charge on any atom is 0.163 e. The van der Waals surface area contributed by atoms with Crippen LogP contribution < -0.4 is 19.3 Å². The number of anilines is 2. The van der Waals surface area contributed by atoms with E-state index in [2.05, 4.69) is 70.5 Å². The first-order chi connectivity index (χ1) is 15.6. The molecule has 2 aliphatic heterocycles. The van der Waals surface area contributed by atoms with Crippen LogP contribution in [0.5, 0.6) is 11.5 Å². The van der Waals surface area contributed by atoms with Crippen molar-refractivity contribution in [2.75, 3.05) is 57.3 Å². The number of nitrogens with zero attached hydrogens (tertiary/aromatic N) is 2. The highest BCUT2D eigenvalue weighted by Gasteiger charge is 2.44. The summed E-state index contributed by atoms with van der Waals surface area (Å²) in [7, 11) is 5.76. The van der Waals surface area contributed by atoms with Gasteiger partial charge in [0.1, 0.15) is 11.4 Å². The Hall–Kier alpha value is -3.18. The van der Waals surface area contributed by atoms with E-state index < -0.39 is 5.60 Å². The molecule has 3 aromatic carbocycles. The van der Waals surface area contributed by atoms with Gasteiger partial charge in [0.05, 0.1) is 20.3 Å². The van der Waals surface area contributed by atoms with Crippen molar-refractivity contribution in [3.8, 4) is 11.5 Å². The lowest BCUT2D eigenvalue weighted by molar-refractivity contribution is 0.122. The summed E-state index contributed by atoms with van der Waals surface area (Å²) >= 11 is 0. The molecule has 1 fully saturated rings. The lowest BCUT2D eigenvalue weighted by Crippen LogP contribution is -2.36. The minimum absolute atomic E-state index is 0.579. The molecule has 32 heavy (non-hydrogen) atoms. The minimum Gasteiger partial charge on any atom is -0.494 e. The first-order valence-electron chi connectivity index (χ1n) is 11.2. The molecule has 0 N–H and O–H groups in total. The number of rotatable bonds is 5. The third-order valence-electron chi connectivity index (χ3n) is 6.51. The van der Waals surface area contributed by atoms with Crippen LogP contribution in [0.1, 0.15) is 16.7 Å². The summed E-state index contributed by atoms with van der Waals surface area (Å²) in [5.41, 5.74) is 5.12. The number of benzene rings is 3. The summed E-state index contributed by atoms with van der Waals surface area (Å²) in [4.78, 5) is 4.45. The Bertz CT molecular complexity index is 1080. The molecule has 5 heteroatoms. The molecular formula is C27H30N2O3. The van der Waals surface area contributed by atoms with Crippen molar-refractivity contribution in [1.29, 1.82) is 0 Å². The Morgan fingerprint density at radius 3 is 2.22 bits per heavy atom. The van der Waals surface area contributed by atoms with Crippen LogP contribution >= 0.6 is 0 Å². The second-order valence-corrected chi connectivity index (χ2v) is 8.62. The largest absolute Gasteiger partial charge is 0.494 e. The standard InChI is InChI=1S/C27H30N2O3/c1-28(2)25-24(30-3)14-9-20-19-27(32-26(20)25,21-7-5-4-6-8-21)22-10-12-23(13-11-22)29-15-17-31-18-16-29/h4-14H,15-19H2,1-3H3. The first kappa shape index (κ1) is 20.7. The van der Waals surface area contributed by atoms with Crippen molar-refractivity contribution in [1.82, 2.24) is 0 Å². The Balaban J connectivity index is 1.59. The number of hydrogen-bond donors (Lipinski definition) is 0. The van der Waals surface area contributed by atoms with Crippen LogP contribution in [-0.2, 0) is 16.8 Å². The molecule has 5 rings (SSSR count). The molecule has 0 aliphatic carbocycles. The van der Waals surface area contributed by atoms with E-state index in [1.807, 2.05) is 20.2 Å². The molecule has 1 atom stereocenters. The smallest absolute Gasteiger partial charge is 0.163 e. The van der Waals surface area contributed by atoms with Gasteiger partial charge < -0.3 is 24.0 Å². The molecular weight excluding hydrogens is 400 g/mol. The van der Waals surface area contributed by atoms with Gasteiger partial charge in [0.2, 0.25) is 0 Å². The van der Waals surface area contributed by atoms with Crippen molar-refractivity contribution in [3.63, 3.8) is 0 Å². The summed E-state index contributed by atoms with van der Waals surface area (Å²) in [5.74, 6) is 1.72. The van der Waals surface area contributed by atoms with Gasteiger partial charge >= 0.3 is 0 Å². The zero-order valence-corrected chi connectivity index (χ0v) is 19.0. The van der Waals surface area contributed by atoms with Gasteiger partial charge in [0, 0.05) is 56.0 Å². The summed E-state index contributed by atoms with van der Waals surface area (Å²) in [6, 6.07) is 23.6. The van der Waals surface area contributed by atoms with Crippen molar-refractivity contribution < 1.29 is 14.2 Å². The van der Waals surface area contributed by atoms with E-state index in [1.165, 1.54) is 11.3 Å². The summed E-state index contributed by atoms with van der Waals surface area (Å²) in [5, 5.41) is 0. The second-order valence-electron chi connectivity index (χ2n) is 8.62. The zero-order chi connectivity index (χ0) is 22.1. The van der Waals surface area contributed by atoms with E-state index in [0.717, 1.165) is 61.0 Å². The maximum atomic E-state index is 6.93. The normalized spacial score (nSPS) is 19.9. The third kappa shape index (κ3) is 3.47.